The first-order valence-corrected chi connectivity index (χ1v) is 21.5. The summed E-state index contributed by atoms with van der Waals surface area (Å²) in [5, 5.41) is 14.2. The molecular weight excluding hydrogens is 848 g/mol. The molecule has 0 saturated heterocycles. The molecule has 1 N–H and O–H groups in total. The zero-order valence-electron chi connectivity index (χ0n) is 34.6. The molecule has 326 valence electrons. The third-order valence-corrected chi connectivity index (χ3v) is 10.9. The van der Waals surface area contributed by atoms with Crippen LogP contribution in [0.15, 0.2) is 120 Å². The van der Waals surface area contributed by atoms with Crippen molar-refractivity contribution >= 4 is 55.7 Å². The Morgan fingerprint density at radius 1 is 0.781 bits per heavy atom. The van der Waals surface area contributed by atoms with Crippen LogP contribution in [-0.2, 0) is 45.0 Å². The van der Waals surface area contributed by atoms with E-state index in [2.05, 4.69) is 25.6 Å². The zero-order valence-corrected chi connectivity index (χ0v) is 35.4. The molecule has 16 nitrogen and oxygen atoms in total. The number of fused-ring (bicyclic) bond motifs is 1. The van der Waals surface area contributed by atoms with Crippen LogP contribution >= 0.6 is 0 Å². The van der Waals surface area contributed by atoms with E-state index in [0.717, 1.165) is 47.6 Å². The Morgan fingerprint density at radius 2 is 1.50 bits per heavy atom. The predicted molar refractivity (Wildman–Crippen MR) is 231 cm³/mol. The summed E-state index contributed by atoms with van der Waals surface area (Å²) >= 11 is 0. The fraction of sp³-hybridized carbons (Fsp3) is 0.174. The minimum atomic E-state index is -3.59. The number of benzene rings is 5. The van der Waals surface area contributed by atoms with Crippen molar-refractivity contribution in [1.29, 1.82) is 0 Å². The molecule has 0 unspecified atom stereocenters. The van der Waals surface area contributed by atoms with Gasteiger partial charge in [-0.3, -0.25) is 14.2 Å². The molecule has 0 fully saturated rings. The Bertz CT molecular complexity index is 3000. The SMILES string of the molecule is CCOc1nc2cccc(C(=O)OCC(=O)COC(=O)C(=C(COC(C)=O)c3ccc(S(C)(=O)=O)cc3)c3cccc(F)c3)c2n1Cc1ccc(-c2ccccc2-c2nnn[nH]2)cc1. The molecule has 0 radical (unpaired) electrons. The fourth-order valence-corrected chi connectivity index (χ4v) is 7.45. The van der Waals surface area contributed by atoms with E-state index in [4.69, 9.17) is 18.9 Å². The van der Waals surface area contributed by atoms with Gasteiger partial charge in [0.2, 0.25) is 5.78 Å². The van der Waals surface area contributed by atoms with Crippen molar-refractivity contribution in [2.75, 3.05) is 32.7 Å². The molecule has 7 aromatic rings. The molecule has 0 spiro atoms. The topological polar surface area (TPSA) is 212 Å². The summed E-state index contributed by atoms with van der Waals surface area (Å²) in [6.07, 6.45) is 1.03. The molecule has 0 aliphatic heterocycles. The van der Waals surface area contributed by atoms with Gasteiger partial charge in [0, 0.05) is 24.3 Å². The molecule has 64 heavy (non-hydrogen) atoms. The molecule has 18 heteroatoms. The van der Waals surface area contributed by atoms with Gasteiger partial charge >= 0.3 is 17.9 Å². The summed E-state index contributed by atoms with van der Waals surface area (Å²) in [5.74, 6) is -3.62. The number of H-pyrrole nitrogens is 1. The molecule has 0 amide bonds. The van der Waals surface area contributed by atoms with Crippen molar-refractivity contribution in [1.82, 2.24) is 30.2 Å². The van der Waals surface area contributed by atoms with Crippen molar-refractivity contribution in [2.45, 2.75) is 25.3 Å². The van der Waals surface area contributed by atoms with Crippen LogP contribution in [0.1, 0.15) is 40.9 Å². The highest BCUT2D eigenvalue weighted by Gasteiger charge is 2.25. The van der Waals surface area contributed by atoms with Gasteiger partial charge in [0.25, 0.3) is 6.01 Å². The summed E-state index contributed by atoms with van der Waals surface area (Å²) in [6.45, 7) is 1.37. The number of aromatic nitrogens is 6. The summed E-state index contributed by atoms with van der Waals surface area (Å²) in [5.41, 5.74) is 4.52. The maximum atomic E-state index is 14.5. The minimum absolute atomic E-state index is 0.0139. The van der Waals surface area contributed by atoms with Crippen molar-refractivity contribution in [2.24, 2.45) is 0 Å². The van der Waals surface area contributed by atoms with Crippen molar-refractivity contribution in [3.63, 3.8) is 0 Å². The first kappa shape index (κ1) is 44.2. The van der Waals surface area contributed by atoms with Crippen LogP contribution < -0.4 is 4.74 Å². The van der Waals surface area contributed by atoms with Gasteiger partial charge in [0.15, 0.2) is 28.9 Å². The van der Waals surface area contributed by atoms with Gasteiger partial charge in [0.05, 0.1) is 40.2 Å². The average Bonchev–Trinajstić information content (AvgIpc) is 3.95. The zero-order chi connectivity index (χ0) is 45.4. The lowest BCUT2D eigenvalue weighted by atomic mass is 9.95. The van der Waals surface area contributed by atoms with Crippen LogP contribution in [0.4, 0.5) is 4.39 Å². The highest BCUT2D eigenvalue weighted by atomic mass is 32.2. The second-order valence-electron chi connectivity index (χ2n) is 14.2. The van der Waals surface area contributed by atoms with Crippen molar-refractivity contribution in [3.05, 3.63) is 143 Å². The number of para-hydroxylation sites is 1. The van der Waals surface area contributed by atoms with Crippen LogP contribution in [0.2, 0.25) is 0 Å². The van der Waals surface area contributed by atoms with Crippen LogP contribution in [0.3, 0.4) is 0 Å². The number of ether oxygens (including phenoxy) is 4. The van der Waals surface area contributed by atoms with Gasteiger partial charge in [0.1, 0.15) is 12.4 Å². The number of halogens is 1. The van der Waals surface area contributed by atoms with E-state index in [1.165, 1.54) is 42.5 Å². The Morgan fingerprint density at radius 3 is 2.17 bits per heavy atom. The highest BCUT2D eigenvalue weighted by molar-refractivity contribution is 7.90. The maximum absolute atomic E-state index is 14.5. The van der Waals surface area contributed by atoms with E-state index in [0.29, 0.717) is 23.5 Å². The first-order valence-electron chi connectivity index (χ1n) is 19.6. The van der Waals surface area contributed by atoms with Crippen LogP contribution in [0.5, 0.6) is 6.01 Å². The number of Topliss-reactive ketones (excluding diaryl/α,β-unsaturated/α-hetero) is 1. The van der Waals surface area contributed by atoms with Crippen molar-refractivity contribution in [3.8, 4) is 28.5 Å². The van der Waals surface area contributed by atoms with Gasteiger partial charge in [-0.1, -0.05) is 78.9 Å². The van der Waals surface area contributed by atoms with E-state index >= 15 is 0 Å². The number of ketones is 1. The number of rotatable bonds is 17. The average molecular weight is 887 g/mol. The van der Waals surface area contributed by atoms with Gasteiger partial charge in [-0.25, -0.2) is 27.5 Å². The number of imidazole rings is 1. The van der Waals surface area contributed by atoms with E-state index in [-0.39, 0.29) is 45.3 Å². The monoisotopic (exact) mass is 886 g/mol. The summed E-state index contributed by atoms with van der Waals surface area (Å²) < 4.78 is 62.5. The largest absolute Gasteiger partial charge is 0.465 e. The minimum Gasteiger partial charge on any atom is -0.465 e. The highest BCUT2D eigenvalue weighted by Crippen LogP contribution is 2.32. The lowest BCUT2D eigenvalue weighted by Gasteiger charge is -2.16. The second kappa shape index (κ2) is 19.5. The predicted octanol–water partition coefficient (Wildman–Crippen LogP) is 6.32. The Labute approximate surface area is 365 Å². The molecule has 0 aliphatic carbocycles. The number of esters is 3. The number of sulfone groups is 1. The first-order chi connectivity index (χ1) is 30.8. The van der Waals surface area contributed by atoms with E-state index in [1.807, 2.05) is 55.5 Å². The van der Waals surface area contributed by atoms with Crippen molar-refractivity contribution < 1.29 is 50.9 Å². The molecule has 0 aliphatic rings. The fourth-order valence-electron chi connectivity index (χ4n) is 6.82. The Balaban J connectivity index is 1.09. The number of carbonyl (C=O) groups is 4. The third-order valence-electron chi connectivity index (χ3n) is 9.76. The van der Waals surface area contributed by atoms with Gasteiger partial charge in [-0.15, -0.1) is 5.10 Å². The maximum Gasteiger partial charge on any atom is 0.340 e. The number of carbonyl (C=O) groups excluding carboxylic acids is 4. The smallest absolute Gasteiger partial charge is 0.340 e. The molecule has 5 aromatic carbocycles. The van der Waals surface area contributed by atoms with Crippen LogP contribution in [0.25, 0.3) is 44.7 Å². The lowest BCUT2D eigenvalue weighted by Crippen LogP contribution is -2.22. The number of nitrogens with zero attached hydrogens (tertiary/aromatic N) is 5. The summed E-state index contributed by atoms with van der Waals surface area (Å²) in [7, 11) is -3.59. The van der Waals surface area contributed by atoms with Gasteiger partial charge in [-0.05, 0) is 81.6 Å². The van der Waals surface area contributed by atoms with Gasteiger partial charge < -0.3 is 18.9 Å². The number of tetrazole rings is 1. The molecule has 7 rings (SSSR count). The number of nitrogens with one attached hydrogen (secondary N) is 1. The Hall–Kier alpha value is -7.86. The lowest BCUT2D eigenvalue weighted by molar-refractivity contribution is -0.143. The quantitative estimate of drug-likeness (QED) is 0.0459. The third kappa shape index (κ3) is 10.2. The Kier molecular flexibility index (Phi) is 13.4. The number of aromatic amines is 1. The summed E-state index contributed by atoms with van der Waals surface area (Å²) in [6, 6.07) is 31.0. The van der Waals surface area contributed by atoms with E-state index in [9.17, 15) is 32.0 Å². The summed E-state index contributed by atoms with van der Waals surface area (Å²) in [4.78, 5) is 57.2. The van der Waals surface area contributed by atoms with Gasteiger partial charge in [-0.2, -0.15) is 4.98 Å². The molecule has 0 bridgehead atoms. The molecule has 2 aromatic heterocycles. The van der Waals surface area contributed by atoms with Crippen LogP contribution in [-0.4, -0.2) is 95.0 Å². The van der Waals surface area contributed by atoms with Crippen LogP contribution in [0, 0.1) is 5.82 Å². The number of hydrogen-bond donors (Lipinski definition) is 1. The standard InChI is InChI=1S/C46H39FN6O10S/c1-4-60-46-48-40-14-8-13-38(42(40)53(46)24-29-15-17-30(18-16-29)36-11-5-6-12-37(36)43-49-51-52-50-43)44(56)62-25-34(55)26-63-45(57)41(32-9-7-10-33(47)23-32)39(27-61-28(2)54)31-19-21-35(22-20-31)64(3,58)59/h5-23H,4,24-27H2,1-3H3,(H,49,50,51,52). The molecular formula is C46H39FN6O10S. The molecule has 2 heterocycles. The second-order valence-corrected chi connectivity index (χ2v) is 16.2. The number of hydrogen-bond acceptors (Lipinski definition) is 14. The normalized spacial score (nSPS) is 11.8. The molecule has 0 atom stereocenters. The molecule has 0 saturated carbocycles. The van der Waals surface area contributed by atoms with E-state index in [1.54, 1.807) is 16.7 Å². The van der Waals surface area contributed by atoms with E-state index < -0.39 is 59.2 Å².